The molecule has 0 aromatic carbocycles. The number of alkyl carbamates (subject to hydrolysis) is 1. The molecular weight excluding hydrogens is 236 g/mol. The van der Waals surface area contributed by atoms with Crippen molar-refractivity contribution in [3.05, 3.63) is 0 Å². The summed E-state index contributed by atoms with van der Waals surface area (Å²) in [5, 5.41) is 2.54. The molecule has 18 heavy (non-hydrogen) atoms. The lowest BCUT2D eigenvalue weighted by atomic mass is 10.00. The molecule has 0 spiro atoms. The van der Waals surface area contributed by atoms with Gasteiger partial charge in [0.05, 0.1) is 6.61 Å². The van der Waals surface area contributed by atoms with E-state index in [2.05, 4.69) is 5.32 Å². The molecule has 1 unspecified atom stereocenters. The molecule has 0 radical (unpaired) electrons. The molecule has 0 aliphatic rings. The molecule has 0 heterocycles. The van der Waals surface area contributed by atoms with Gasteiger partial charge in [0.2, 0.25) is 0 Å². The molecular formula is C12H24N2O4. The van der Waals surface area contributed by atoms with E-state index in [1.807, 2.05) is 0 Å². The summed E-state index contributed by atoms with van der Waals surface area (Å²) >= 11 is 0. The lowest BCUT2D eigenvalue weighted by Gasteiger charge is -2.23. The number of amides is 1. The van der Waals surface area contributed by atoms with Crippen LogP contribution in [0.3, 0.4) is 0 Å². The van der Waals surface area contributed by atoms with Crippen molar-refractivity contribution in [1.29, 1.82) is 0 Å². The molecule has 0 saturated heterocycles. The summed E-state index contributed by atoms with van der Waals surface area (Å²) in [6.45, 7) is 9.15. The van der Waals surface area contributed by atoms with Crippen molar-refractivity contribution in [2.45, 2.75) is 52.2 Å². The van der Waals surface area contributed by atoms with Crippen LogP contribution >= 0.6 is 0 Å². The molecule has 0 saturated carbocycles. The van der Waals surface area contributed by atoms with Crippen LogP contribution in [-0.2, 0) is 14.3 Å². The molecule has 6 nitrogen and oxygen atoms in total. The molecule has 0 rings (SSSR count). The van der Waals surface area contributed by atoms with Crippen molar-refractivity contribution >= 4 is 12.1 Å². The first-order chi connectivity index (χ1) is 8.08. The zero-order valence-corrected chi connectivity index (χ0v) is 11.8. The average molecular weight is 260 g/mol. The van der Waals surface area contributed by atoms with Crippen LogP contribution < -0.4 is 11.1 Å². The predicted molar refractivity (Wildman–Crippen MR) is 68.1 cm³/mol. The number of nitrogens with two attached hydrogens (primary N) is 1. The van der Waals surface area contributed by atoms with E-state index < -0.39 is 23.2 Å². The molecule has 106 valence electrons. The Bertz CT molecular complexity index is 295. The van der Waals surface area contributed by atoms with Crippen molar-refractivity contribution < 1.29 is 19.1 Å². The minimum atomic E-state index is -1.11. The van der Waals surface area contributed by atoms with Crippen LogP contribution in [0.1, 0.15) is 41.0 Å². The normalized spacial score (nSPS) is 14.6. The number of ether oxygens (including phenoxy) is 2. The van der Waals surface area contributed by atoms with Gasteiger partial charge in [-0.1, -0.05) is 0 Å². The standard InChI is InChI=1S/C12H24N2O4/c1-6-17-9(15)12(5,13)7-8-14-10(16)18-11(2,3)4/h6-8,13H2,1-5H3,(H,14,16). The molecule has 0 aromatic heterocycles. The van der Waals surface area contributed by atoms with Gasteiger partial charge in [-0.2, -0.15) is 0 Å². The zero-order chi connectivity index (χ0) is 14.4. The summed E-state index contributed by atoms with van der Waals surface area (Å²) in [7, 11) is 0. The van der Waals surface area contributed by atoms with Crippen molar-refractivity contribution in [2.24, 2.45) is 5.73 Å². The predicted octanol–water partition coefficient (Wildman–Crippen LogP) is 1.18. The van der Waals surface area contributed by atoms with Gasteiger partial charge in [0.25, 0.3) is 0 Å². The maximum atomic E-state index is 11.5. The summed E-state index contributed by atoms with van der Waals surface area (Å²) < 4.78 is 9.89. The Labute approximate surface area is 108 Å². The van der Waals surface area contributed by atoms with Gasteiger partial charge in [0.15, 0.2) is 0 Å². The maximum Gasteiger partial charge on any atom is 0.407 e. The minimum absolute atomic E-state index is 0.251. The van der Waals surface area contributed by atoms with Crippen LogP contribution in [0, 0.1) is 0 Å². The number of carbonyl (C=O) groups is 2. The van der Waals surface area contributed by atoms with Gasteiger partial charge < -0.3 is 20.5 Å². The number of hydrogen-bond donors (Lipinski definition) is 2. The van der Waals surface area contributed by atoms with Crippen molar-refractivity contribution in [3.63, 3.8) is 0 Å². The Balaban J connectivity index is 4.03. The smallest absolute Gasteiger partial charge is 0.407 e. The first kappa shape index (κ1) is 16.7. The molecule has 0 aliphatic heterocycles. The highest BCUT2D eigenvalue weighted by Crippen LogP contribution is 2.09. The lowest BCUT2D eigenvalue weighted by molar-refractivity contribution is -0.149. The van der Waals surface area contributed by atoms with E-state index in [0.29, 0.717) is 0 Å². The molecule has 0 fully saturated rings. The third kappa shape index (κ3) is 7.11. The highest BCUT2D eigenvalue weighted by atomic mass is 16.6. The van der Waals surface area contributed by atoms with Crippen LogP contribution in [0.4, 0.5) is 4.79 Å². The van der Waals surface area contributed by atoms with Gasteiger partial charge in [-0.3, -0.25) is 4.79 Å². The molecule has 1 amide bonds. The van der Waals surface area contributed by atoms with E-state index >= 15 is 0 Å². The summed E-state index contributed by atoms with van der Waals surface area (Å²) in [5.41, 5.74) is 4.14. The van der Waals surface area contributed by atoms with Crippen LogP contribution in [0.5, 0.6) is 0 Å². The summed E-state index contributed by atoms with van der Waals surface area (Å²) in [4.78, 5) is 22.8. The van der Waals surface area contributed by atoms with Gasteiger partial charge >= 0.3 is 12.1 Å². The lowest BCUT2D eigenvalue weighted by Crippen LogP contribution is -2.48. The van der Waals surface area contributed by atoms with E-state index in [4.69, 9.17) is 15.2 Å². The number of esters is 1. The van der Waals surface area contributed by atoms with E-state index in [1.165, 1.54) is 0 Å². The van der Waals surface area contributed by atoms with Crippen molar-refractivity contribution in [2.75, 3.05) is 13.2 Å². The topological polar surface area (TPSA) is 90.6 Å². The van der Waals surface area contributed by atoms with Crippen molar-refractivity contribution in [1.82, 2.24) is 5.32 Å². The highest BCUT2D eigenvalue weighted by molar-refractivity contribution is 5.80. The fraction of sp³-hybridized carbons (Fsp3) is 0.833. The third-order valence-corrected chi connectivity index (χ3v) is 2.05. The Hall–Kier alpha value is -1.30. The van der Waals surface area contributed by atoms with Gasteiger partial charge in [-0.05, 0) is 41.0 Å². The fourth-order valence-corrected chi connectivity index (χ4v) is 1.14. The average Bonchev–Trinajstić information content (AvgIpc) is 2.14. The first-order valence-electron chi connectivity index (χ1n) is 6.01. The molecule has 1 atom stereocenters. The number of hydrogen-bond acceptors (Lipinski definition) is 5. The van der Waals surface area contributed by atoms with Gasteiger partial charge in [-0.25, -0.2) is 4.79 Å². The van der Waals surface area contributed by atoms with Crippen molar-refractivity contribution in [3.8, 4) is 0 Å². The SMILES string of the molecule is CCOC(=O)C(C)(N)CCNC(=O)OC(C)(C)C. The largest absolute Gasteiger partial charge is 0.465 e. The van der Waals surface area contributed by atoms with Crippen LogP contribution in [-0.4, -0.2) is 36.4 Å². The van der Waals surface area contributed by atoms with Crippen LogP contribution in [0.15, 0.2) is 0 Å². The number of rotatable bonds is 5. The van der Waals surface area contributed by atoms with E-state index in [1.54, 1.807) is 34.6 Å². The molecule has 6 heteroatoms. The van der Waals surface area contributed by atoms with Crippen LogP contribution in [0.25, 0.3) is 0 Å². The second-order valence-corrected chi connectivity index (χ2v) is 5.32. The van der Waals surface area contributed by atoms with Gasteiger partial charge in [-0.15, -0.1) is 0 Å². The Morgan fingerprint density at radius 1 is 1.22 bits per heavy atom. The summed E-state index contributed by atoms with van der Waals surface area (Å²) in [6, 6.07) is 0. The quantitative estimate of drug-likeness (QED) is 0.724. The fourth-order valence-electron chi connectivity index (χ4n) is 1.14. The van der Waals surface area contributed by atoms with E-state index in [0.717, 1.165) is 0 Å². The maximum absolute atomic E-state index is 11.5. The summed E-state index contributed by atoms with van der Waals surface area (Å²) in [5.74, 6) is -0.476. The monoisotopic (exact) mass is 260 g/mol. The molecule has 0 aromatic rings. The second-order valence-electron chi connectivity index (χ2n) is 5.32. The third-order valence-electron chi connectivity index (χ3n) is 2.05. The second kappa shape index (κ2) is 6.58. The zero-order valence-electron chi connectivity index (χ0n) is 11.8. The Morgan fingerprint density at radius 3 is 2.22 bits per heavy atom. The highest BCUT2D eigenvalue weighted by Gasteiger charge is 2.29. The Kier molecular flexibility index (Phi) is 6.11. The van der Waals surface area contributed by atoms with E-state index in [9.17, 15) is 9.59 Å². The Morgan fingerprint density at radius 2 is 1.78 bits per heavy atom. The molecule has 3 N–H and O–H groups in total. The molecule has 0 bridgehead atoms. The number of nitrogens with one attached hydrogen (secondary N) is 1. The van der Waals surface area contributed by atoms with Crippen LogP contribution in [0.2, 0.25) is 0 Å². The van der Waals surface area contributed by atoms with E-state index in [-0.39, 0.29) is 19.6 Å². The first-order valence-corrected chi connectivity index (χ1v) is 6.01. The van der Waals surface area contributed by atoms with Gasteiger partial charge in [0.1, 0.15) is 11.1 Å². The van der Waals surface area contributed by atoms with Gasteiger partial charge in [0, 0.05) is 6.54 Å². The minimum Gasteiger partial charge on any atom is -0.465 e. The number of carbonyl (C=O) groups excluding carboxylic acids is 2. The molecule has 0 aliphatic carbocycles. The summed E-state index contributed by atoms with van der Waals surface area (Å²) in [6.07, 6.45) is -0.243.